The van der Waals surface area contributed by atoms with Crippen LogP contribution in [0.5, 0.6) is 0 Å². The number of rotatable bonds is 5. The summed E-state index contributed by atoms with van der Waals surface area (Å²) in [6, 6.07) is 5.17. The van der Waals surface area contributed by atoms with Crippen molar-refractivity contribution >= 4 is 15.7 Å². The minimum atomic E-state index is -3.51. The standard InChI is InChI=1S/C13H16N4O3S/c18-21(19,16-7-5-13-15-9-20-17-13)11-3-4-12-10(8-11)2-1-6-14-12/h3-4,8-9,14,16H,1-2,5-7H2. The van der Waals surface area contributed by atoms with Gasteiger partial charge >= 0.3 is 0 Å². The average Bonchev–Trinajstić information content (AvgIpc) is 3.00. The Balaban J connectivity index is 1.69. The van der Waals surface area contributed by atoms with Crippen LogP contribution in [0.3, 0.4) is 0 Å². The summed E-state index contributed by atoms with van der Waals surface area (Å²) in [7, 11) is -3.51. The maximum atomic E-state index is 12.3. The fourth-order valence-corrected chi connectivity index (χ4v) is 3.38. The van der Waals surface area contributed by atoms with Crippen molar-refractivity contribution in [1.29, 1.82) is 0 Å². The van der Waals surface area contributed by atoms with E-state index in [0.29, 0.717) is 12.2 Å². The SMILES string of the molecule is O=S(=O)(NCCc1ncon1)c1ccc2c(c1)CCCN2. The highest BCUT2D eigenvalue weighted by Crippen LogP contribution is 2.24. The molecule has 1 aliphatic rings. The van der Waals surface area contributed by atoms with Gasteiger partial charge in [0.2, 0.25) is 16.4 Å². The van der Waals surface area contributed by atoms with Crippen molar-refractivity contribution in [3.05, 3.63) is 36.0 Å². The third-order valence-electron chi connectivity index (χ3n) is 3.37. The number of sulfonamides is 1. The maximum Gasteiger partial charge on any atom is 0.240 e. The van der Waals surface area contributed by atoms with Gasteiger partial charge in [0.05, 0.1) is 4.90 Å². The van der Waals surface area contributed by atoms with E-state index in [1.165, 1.54) is 6.39 Å². The van der Waals surface area contributed by atoms with Crippen molar-refractivity contribution in [3.8, 4) is 0 Å². The van der Waals surface area contributed by atoms with Crippen LogP contribution in [0.4, 0.5) is 5.69 Å². The van der Waals surface area contributed by atoms with Gasteiger partial charge in [-0.15, -0.1) is 0 Å². The van der Waals surface area contributed by atoms with Crippen LogP contribution in [0.15, 0.2) is 34.0 Å². The molecular weight excluding hydrogens is 292 g/mol. The number of hydrogen-bond donors (Lipinski definition) is 2. The molecule has 0 bridgehead atoms. The summed E-state index contributed by atoms with van der Waals surface area (Å²) in [5.41, 5.74) is 2.06. The molecule has 0 unspecified atom stereocenters. The smallest absolute Gasteiger partial charge is 0.240 e. The van der Waals surface area contributed by atoms with Gasteiger partial charge < -0.3 is 9.84 Å². The van der Waals surface area contributed by atoms with E-state index >= 15 is 0 Å². The summed E-state index contributed by atoms with van der Waals surface area (Å²) in [6.45, 7) is 1.17. The number of nitrogens with zero attached hydrogens (tertiary/aromatic N) is 2. The van der Waals surface area contributed by atoms with Gasteiger partial charge in [0.15, 0.2) is 5.82 Å². The quantitative estimate of drug-likeness (QED) is 0.853. The molecule has 2 heterocycles. The van der Waals surface area contributed by atoms with Gasteiger partial charge in [-0.25, -0.2) is 13.1 Å². The van der Waals surface area contributed by atoms with Gasteiger partial charge in [-0.3, -0.25) is 0 Å². The molecule has 0 spiro atoms. The molecule has 0 fully saturated rings. The highest BCUT2D eigenvalue weighted by atomic mass is 32.2. The Morgan fingerprint density at radius 3 is 3.10 bits per heavy atom. The Bertz CT molecular complexity index is 713. The normalized spacial score (nSPS) is 14.5. The first-order chi connectivity index (χ1) is 10.1. The highest BCUT2D eigenvalue weighted by Gasteiger charge is 2.17. The molecule has 7 nitrogen and oxygen atoms in total. The Hall–Kier alpha value is -1.93. The summed E-state index contributed by atoms with van der Waals surface area (Å²) in [6.07, 6.45) is 3.53. The molecule has 0 saturated carbocycles. The van der Waals surface area contributed by atoms with Crippen LogP contribution in [-0.4, -0.2) is 31.6 Å². The van der Waals surface area contributed by atoms with Crippen LogP contribution in [0.2, 0.25) is 0 Å². The van der Waals surface area contributed by atoms with Crippen LogP contribution >= 0.6 is 0 Å². The monoisotopic (exact) mass is 308 g/mol. The molecular formula is C13H16N4O3S. The average molecular weight is 308 g/mol. The van der Waals surface area contributed by atoms with E-state index < -0.39 is 10.0 Å². The number of benzene rings is 1. The first kappa shape index (κ1) is 14.0. The summed E-state index contributed by atoms with van der Waals surface area (Å²) in [5, 5.41) is 6.90. The topological polar surface area (TPSA) is 97.1 Å². The van der Waals surface area contributed by atoms with Gasteiger partial charge in [0.25, 0.3) is 0 Å². The lowest BCUT2D eigenvalue weighted by Gasteiger charge is -2.18. The summed E-state index contributed by atoms with van der Waals surface area (Å²) >= 11 is 0. The van der Waals surface area contributed by atoms with Crippen molar-refractivity contribution in [2.45, 2.75) is 24.2 Å². The molecule has 0 radical (unpaired) electrons. The number of anilines is 1. The van der Waals surface area contributed by atoms with Crippen molar-refractivity contribution in [1.82, 2.24) is 14.9 Å². The van der Waals surface area contributed by atoms with Gasteiger partial charge in [0, 0.05) is 25.2 Å². The molecule has 112 valence electrons. The Kier molecular flexibility index (Phi) is 3.89. The molecule has 0 amide bonds. The van der Waals surface area contributed by atoms with E-state index in [4.69, 9.17) is 0 Å². The largest absolute Gasteiger partial charge is 0.385 e. The molecule has 1 aliphatic heterocycles. The lowest BCUT2D eigenvalue weighted by Crippen LogP contribution is -2.26. The van der Waals surface area contributed by atoms with E-state index in [1.54, 1.807) is 12.1 Å². The third kappa shape index (κ3) is 3.22. The summed E-state index contributed by atoms with van der Waals surface area (Å²) in [4.78, 5) is 4.14. The van der Waals surface area contributed by atoms with Gasteiger partial charge in [-0.05, 0) is 36.6 Å². The lowest BCUT2D eigenvalue weighted by atomic mass is 10.0. The first-order valence-corrected chi connectivity index (χ1v) is 8.25. The number of nitrogens with one attached hydrogen (secondary N) is 2. The second-order valence-electron chi connectivity index (χ2n) is 4.84. The zero-order chi connectivity index (χ0) is 14.7. The summed E-state index contributed by atoms with van der Waals surface area (Å²) in [5.74, 6) is 0.479. The molecule has 21 heavy (non-hydrogen) atoms. The molecule has 0 aliphatic carbocycles. The van der Waals surface area contributed by atoms with Crippen LogP contribution in [0, 0.1) is 0 Å². The minimum absolute atomic E-state index is 0.233. The van der Waals surface area contributed by atoms with Crippen LogP contribution < -0.4 is 10.0 Å². The fourth-order valence-electron chi connectivity index (χ4n) is 2.30. The molecule has 0 atom stereocenters. The van der Waals surface area contributed by atoms with Crippen molar-refractivity contribution in [2.24, 2.45) is 0 Å². The highest BCUT2D eigenvalue weighted by molar-refractivity contribution is 7.89. The molecule has 0 saturated heterocycles. The predicted octanol–water partition coefficient (Wildman–Crippen LogP) is 0.949. The van der Waals surface area contributed by atoms with E-state index in [9.17, 15) is 8.42 Å². The van der Waals surface area contributed by atoms with E-state index in [-0.39, 0.29) is 11.4 Å². The van der Waals surface area contributed by atoms with Crippen molar-refractivity contribution < 1.29 is 12.9 Å². The maximum absolute atomic E-state index is 12.3. The third-order valence-corrected chi connectivity index (χ3v) is 4.83. The Labute approximate surface area is 122 Å². The first-order valence-electron chi connectivity index (χ1n) is 6.77. The Morgan fingerprint density at radius 1 is 1.38 bits per heavy atom. The van der Waals surface area contributed by atoms with Gasteiger partial charge in [-0.2, -0.15) is 4.98 Å². The Morgan fingerprint density at radius 2 is 2.29 bits per heavy atom. The minimum Gasteiger partial charge on any atom is -0.385 e. The van der Waals surface area contributed by atoms with E-state index in [0.717, 1.165) is 30.6 Å². The number of aromatic nitrogens is 2. The predicted molar refractivity (Wildman–Crippen MR) is 76.4 cm³/mol. The zero-order valence-corrected chi connectivity index (χ0v) is 12.2. The van der Waals surface area contributed by atoms with Crippen LogP contribution in [0.1, 0.15) is 17.8 Å². The van der Waals surface area contributed by atoms with Crippen molar-refractivity contribution in [3.63, 3.8) is 0 Å². The summed E-state index contributed by atoms with van der Waals surface area (Å²) < 4.78 is 31.7. The fraction of sp³-hybridized carbons (Fsp3) is 0.385. The molecule has 1 aromatic carbocycles. The number of hydrogen-bond acceptors (Lipinski definition) is 6. The van der Waals surface area contributed by atoms with Gasteiger partial charge in [-0.1, -0.05) is 5.16 Å². The van der Waals surface area contributed by atoms with Crippen molar-refractivity contribution in [2.75, 3.05) is 18.4 Å². The molecule has 8 heteroatoms. The second-order valence-corrected chi connectivity index (χ2v) is 6.61. The van der Waals surface area contributed by atoms with Gasteiger partial charge in [0.1, 0.15) is 0 Å². The molecule has 1 aromatic heterocycles. The number of fused-ring (bicyclic) bond motifs is 1. The van der Waals surface area contributed by atoms with Crippen LogP contribution in [0.25, 0.3) is 0 Å². The molecule has 2 aromatic rings. The lowest BCUT2D eigenvalue weighted by molar-refractivity contribution is 0.410. The number of aryl methyl sites for hydroxylation is 1. The molecule has 3 rings (SSSR count). The molecule has 2 N–H and O–H groups in total. The van der Waals surface area contributed by atoms with E-state index in [2.05, 4.69) is 24.7 Å². The van der Waals surface area contributed by atoms with Crippen LogP contribution in [-0.2, 0) is 22.9 Å². The van der Waals surface area contributed by atoms with E-state index in [1.807, 2.05) is 6.07 Å². The zero-order valence-electron chi connectivity index (χ0n) is 11.4. The second kappa shape index (κ2) is 5.82.